The van der Waals surface area contributed by atoms with E-state index in [4.69, 9.17) is 0 Å². The number of carbonyl (C=O) groups is 1. The smallest absolute Gasteiger partial charge is 0.269 e. The van der Waals surface area contributed by atoms with Crippen molar-refractivity contribution in [1.29, 1.82) is 0 Å². The Labute approximate surface area is 70.7 Å². The highest BCUT2D eigenvalue weighted by atomic mass is 32.2. The minimum atomic E-state index is -1.53. The van der Waals surface area contributed by atoms with Crippen LogP contribution in [0.4, 0.5) is 5.82 Å². The van der Waals surface area contributed by atoms with E-state index in [2.05, 4.69) is 14.5 Å². The van der Waals surface area contributed by atoms with Crippen molar-refractivity contribution in [1.82, 2.24) is 14.5 Å². The Morgan fingerprint density at radius 1 is 1.58 bits per heavy atom. The molecule has 1 aliphatic heterocycles. The third-order valence-corrected chi connectivity index (χ3v) is 2.31. The maximum Gasteiger partial charge on any atom is 0.269 e. The number of nitrogens with zero attached hydrogens (tertiary/aromatic N) is 2. The molecule has 0 aliphatic carbocycles. The van der Waals surface area contributed by atoms with Gasteiger partial charge in [0.15, 0.2) is 0 Å². The molecule has 1 aromatic heterocycles. The topological polar surface area (TPSA) is 76.0 Å². The Hall–Kier alpha value is -1.37. The Kier molecular flexibility index (Phi) is 1.40. The van der Waals surface area contributed by atoms with Gasteiger partial charge in [0.05, 0.1) is 6.20 Å². The normalized spacial score (nSPS) is 21.1. The van der Waals surface area contributed by atoms with E-state index in [1.54, 1.807) is 7.05 Å². The highest BCUT2D eigenvalue weighted by molar-refractivity contribution is 7.85. The number of hydrogen-bond acceptors (Lipinski definition) is 3. The van der Waals surface area contributed by atoms with Gasteiger partial charge in [0.1, 0.15) is 11.4 Å². The van der Waals surface area contributed by atoms with Gasteiger partial charge in [0.2, 0.25) is 11.2 Å². The van der Waals surface area contributed by atoms with Gasteiger partial charge in [-0.05, 0) is 0 Å². The van der Waals surface area contributed by atoms with E-state index in [-0.39, 0.29) is 5.91 Å². The van der Waals surface area contributed by atoms with Gasteiger partial charge in [-0.1, -0.05) is 0 Å². The molecule has 1 amide bonds. The number of aryl methyl sites for hydroxylation is 1. The Balaban J connectivity index is 2.57. The summed E-state index contributed by atoms with van der Waals surface area (Å²) in [6, 6.07) is 0. The van der Waals surface area contributed by atoms with Crippen LogP contribution in [0.1, 0.15) is 10.4 Å². The summed E-state index contributed by atoms with van der Waals surface area (Å²) in [5, 5.41) is 3.84. The second-order valence-corrected chi connectivity index (χ2v) is 3.28. The van der Waals surface area contributed by atoms with Crippen molar-refractivity contribution < 1.29 is 9.00 Å². The molecular weight excluding hydrogens is 180 g/mol. The molecule has 6 nitrogen and oxygen atoms in total. The molecule has 0 saturated carbocycles. The number of amides is 1. The summed E-state index contributed by atoms with van der Waals surface area (Å²) in [5.74, 6) is 0.118. The van der Waals surface area contributed by atoms with Crippen LogP contribution in [0.5, 0.6) is 0 Å². The first-order valence-corrected chi connectivity index (χ1v) is 4.35. The maximum absolute atomic E-state index is 11.1. The van der Waals surface area contributed by atoms with Crippen molar-refractivity contribution in [2.75, 3.05) is 4.72 Å². The first kappa shape index (κ1) is 7.29. The van der Waals surface area contributed by atoms with Crippen molar-refractivity contribution in [3.05, 3.63) is 11.8 Å². The fraction of sp³-hybridized carbons (Fsp3) is 0.200. The number of nitrogens with one attached hydrogen (secondary N) is 2. The van der Waals surface area contributed by atoms with Crippen LogP contribution in [0, 0.1) is 0 Å². The standard InChI is InChI=1S/C5H6N4O2S/c1-9-4-3(2-6-9)5(10)8-12(11)7-4/h2,7H,1H3,(H,8,10)/t12-/m0/s1. The van der Waals surface area contributed by atoms with Gasteiger partial charge < -0.3 is 0 Å². The predicted octanol–water partition coefficient (Wildman–Crippen LogP) is -0.846. The SMILES string of the molecule is Cn1ncc2c1N[S@](=O)NC2=O. The second-order valence-electron chi connectivity index (χ2n) is 2.33. The molecule has 64 valence electrons. The van der Waals surface area contributed by atoms with Crippen LogP contribution in [0.15, 0.2) is 6.20 Å². The van der Waals surface area contributed by atoms with E-state index >= 15 is 0 Å². The van der Waals surface area contributed by atoms with E-state index in [1.807, 2.05) is 0 Å². The molecule has 1 aromatic rings. The third-order valence-electron chi connectivity index (χ3n) is 1.56. The largest absolute Gasteiger partial charge is 0.271 e. The molecule has 0 unspecified atom stereocenters. The molecule has 0 aromatic carbocycles. The summed E-state index contributed by atoms with van der Waals surface area (Å²) in [5.41, 5.74) is 0.414. The molecule has 7 heteroatoms. The van der Waals surface area contributed by atoms with Crippen LogP contribution in [0.25, 0.3) is 0 Å². The zero-order valence-electron chi connectivity index (χ0n) is 6.20. The number of hydrogen-bond donors (Lipinski definition) is 2. The van der Waals surface area contributed by atoms with Gasteiger partial charge in [-0.15, -0.1) is 0 Å². The number of rotatable bonds is 0. The Bertz CT molecular complexity index is 372. The summed E-state index contributed by atoms with van der Waals surface area (Å²) >= 11 is -1.53. The van der Waals surface area contributed by atoms with Crippen molar-refractivity contribution >= 4 is 22.9 Å². The lowest BCUT2D eigenvalue weighted by molar-refractivity contribution is 0.0982. The fourth-order valence-electron chi connectivity index (χ4n) is 0.977. The monoisotopic (exact) mass is 186 g/mol. The Morgan fingerprint density at radius 2 is 2.33 bits per heavy atom. The summed E-state index contributed by atoms with van der Waals surface area (Å²) in [6.45, 7) is 0. The quantitative estimate of drug-likeness (QED) is 0.554. The minimum Gasteiger partial charge on any atom is -0.271 e. The van der Waals surface area contributed by atoms with Gasteiger partial charge in [-0.3, -0.25) is 18.9 Å². The van der Waals surface area contributed by atoms with Crippen LogP contribution >= 0.6 is 0 Å². The van der Waals surface area contributed by atoms with Crippen LogP contribution in [0.3, 0.4) is 0 Å². The van der Waals surface area contributed by atoms with Crippen LogP contribution in [0.2, 0.25) is 0 Å². The average Bonchev–Trinajstić information content (AvgIpc) is 2.33. The lowest BCUT2D eigenvalue weighted by Crippen LogP contribution is -2.35. The van der Waals surface area contributed by atoms with Gasteiger partial charge in [0, 0.05) is 7.05 Å². The molecule has 12 heavy (non-hydrogen) atoms. The Morgan fingerprint density at radius 3 is 3.08 bits per heavy atom. The molecule has 0 bridgehead atoms. The molecule has 1 aliphatic rings. The summed E-state index contributed by atoms with van der Waals surface area (Å²) in [7, 11) is 1.67. The number of aromatic nitrogens is 2. The third kappa shape index (κ3) is 0.900. The average molecular weight is 186 g/mol. The first-order chi connectivity index (χ1) is 5.68. The lowest BCUT2D eigenvalue weighted by atomic mass is 10.3. The van der Waals surface area contributed by atoms with Crippen LogP contribution in [-0.2, 0) is 18.2 Å². The molecule has 0 fully saturated rings. The zero-order valence-corrected chi connectivity index (χ0v) is 7.01. The highest BCUT2D eigenvalue weighted by Crippen LogP contribution is 2.17. The number of anilines is 1. The van der Waals surface area contributed by atoms with E-state index < -0.39 is 11.2 Å². The lowest BCUT2D eigenvalue weighted by Gasteiger charge is -2.13. The van der Waals surface area contributed by atoms with Crippen LogP contribution < -0.4 is 9.44 Å². The fourth-order valence-corrected chi connectivity index (χ4v) is 1.72. The minimum absolute atomic E-state index is 0.366. The molecule has 2 N–H and O–H groups in total. The van der Waals surface area contributed by atoms with Crippen molar-refractivity contribution in [2.24, 2.45) is 7.05 Å². The van der Waals surface area contributed by atoms with E-state index in [0.717, 1.165) is 0 Å². The van der Waals surface area contributed by atoms with Crippen molar-refractivity contribution in [3.8, 4) is 0 Å². The van der Waals surface area contributed by atoms with Crippen LogP contribution in [-0.4, -0.2) is 19.9 Å². The summed E-state index contributed by atoms with van der Waals surface area (Å²) in [4.78, 5) is 11.1. The maximum atomic E-state index is 11.1. The van der Waals surface area contributed by atoms with Gasteiger partial charge in [-0.25, -0.2) is 4.21 Å². The van der Waals surface area contributed by atoms with Gasteiger partial charge in [0.25, 0.3) is 5.91 Å². The second kappa shape index (κ2) is 2.31. The van der Waals surface area contributed by atoms with Crippen molar-refractivity contribution in [2.45, 2.75) is 0 Å². The zero-order chi connectivity index (χ0) is 8.72. The predicted molar refractivity (Wildman–Crippen MR) is 42.4 cm³/mol. The van der Waals surface area contributed by atoms with Gasteiger partial charge in [-0.2, -0.15) is 5.10 Å². The molecule has 1 atom stereocenters. The number of carbonyl (C=O) groups excluding carboxylic acids is 1. The molecule has 2 heterocycles. The molecule has 0 radical (unpaired) electrons. The summed E-state index contributed by atoms with van der Waals surface area (Å²) < 4.78 is 17.2. The summed E-state index contributed by atoms with van der Waals surface area (Å²) in [6.07, 6.45) is 1.42. The first-order valence-electron chi connectivity index (χ1n) is 3.20. The van der Waals surface area contributed by atoms with Gasteiger partial charge >= 0.3 is 0 Å². The van der Waals surface area contributed by atoms with E-state index in [0.29, 0.717) is 11.4 Å². The van der Waals surface area contributed by atoms with Crippen molar-refractivity contribution in [3.63, 3.8) is 0 Å². The molecule has 2 rings (SSSR count). The molecule has 0 saturated heterocycles. The van der Waals surface area contributed by atoms with E-state index in [9.17, 15) is 9.00 Å². The highest BCUT2D eigenvalue weighted by Gasteiger charge is 2.23. The molecular formula is C5H6N4O2S. The molecule has 0 spiro atoms. The number of fused-ring (bicyclic) bond motifs is 1. The van der Waals surface area contributed by atoms with E-state index in [1.165, 1.54) is 10.9 Å².